The van der Waals surface area contributed by atoms with E-state index in [9.17, 15) is 9.59 Å². The largest absolute Gasteiger partial charge is 0.481 e. The number of hydrogen-bond donors (Lipinski definition) is 2. The van der Waals surface area contributed by atoms with Gasteiger partial charge in [0, 0.05) is 13.0 Å². The van der Waals surface area contributed by atoms with Crippen LogP contribution in [0.15, 0.2) is 24.3 Å². The van der Waals surface area contributed by atoms with Crippen LogP contribution in [0.1, 0.15) is 29.2 Å². The third-order valence-corrected chi connectivity index (χ3v) is 4.34. The molecule has 1 aromatic carbocycles. The van der Waals surface area contributed by atoms with Gasteiger partial charge in [-0.3, -0.25) is 9.59 Å². The molecule has 2 N–H and O–H groups in total. The maximum Gasteiger partial charge on any atom is 0.303 e. The number of benzene rings is 1. The molecule has 0 saturated heterocycles. The predicted octanol–water partition coefficient (Wildman–Crippen LogP) is 2.00. The van der Waals surface area contributed by atoms with Crippen molar-refractivity contribution in [1.82, 2.24) is 5.32 Å². The van der Waals surface area contributed by atoms with Crippen LogP contribution in [-0.4, -0.2) is 29.3 Å². The van der Waals surface area contributed by atoms with Crippen molar-refractivity contribution in [3.8, 4) is 0 Å². The van der Waals surface area contributed by atoms with E-state index in [0.717, 1.165) is 17.7 Å². The van der Waals surface area contributed by atoms with Crippen molar-refractivity contribution in [2.45, 2.75) is 24.5 Å². The standard InChI is InChI=1S/C14H17NO3S/c16-12(17)6-3-8-15-14(18)13-11-5-2-1-4-10(11)7-9-19-13/h1-2,4-5,13H,3,6-9H2,(H,15,18)(H,16,17)/t13-/m0/s1. The van der Waals surface area contributed by atoms with Gasteiger partial charge in [-0.05, 0) is 29.7 Å². The number of hydrogen-bond acceptors (Lipinski definition) is 3. The molecule has 1 aromatic rings. The van der Waals surface area contributed by atoms with Crippen LogP contribution >= 0.6 is 11.8 Å². The highest BCUT2D eigenvalue weighted by molar-refractivity contribution is 8.00. The van der Waals surface area contributed by atoms with E-state index in [1.165, 1.54) is 5.56 Å². The predicted molar refractivity (Wildman–Crippen MR) is 75.2 cm³/mol. The van der Waals surface area contributed by atoms with Crippen LogP contribution in [0.3, 0.4) is 0 Å². The Labute approximate surface area is 116 Å². The number of carboxylic acids is 1. The number of carbonyl (C=O) groups excluding carboxylic acids is 1. The molecule has 0 aliphatic carbocycles. The van der Waals surface area contributed by atoms with Crippen molar-refractivity contribution in [2.75, 3.05) is 12.3 Å². The van der Waals surface area contributed by atoms with E-state index in [0.29, 0.717) is 13.0 Å². The van der Waals surface area contributed by atoms with Crippen LogP contribution in [0.4, 0.5) is 0 Å². The fourth-order valence-electron chi connectivity index (χ4n) is 2.15. The van der Waals surface area contributed by atoms with Crippen LogP contribution in [0.2, 0.25) is 0 Å². The van der Waals surface area contributed by atoms with Gasteiger partial charge in [-0.1, -0.05) is 24.3 Å². The van der Waals surface area contributed by atoms with E-state index >= 15 is 0 Å². The summed E-state index contributed by atoms with van der Waals surface area (Å²) in [6.45, 7) is 0.421. The molecule has 5 heteroatoms. The number of rotatable bonds is 5. The molecule has 0 bridgehead atoms. The van der Waals surface area contributed by atoms with E-state index in [-0.39, 0.29) is 17.6 Å². The molecular formula is C14H17NO3S. The number of amides is 1. The topological polar surface area (TPSA) is 66.4 Å². The van der Waals surface area contributed by atoms with Crippen LogP contribution in [0.25, 0.3) is 0 Å². The minimum atomic E-state index is -0.827. The Kier molecular flexibility index (Phi) is 4.85. The quantitative estimate of drug-likeness (QED) is 0.809. The highest BCUT2D eigenvalue weighted by atomic mass is 32.2. The van der Waals surface area contributed by atoms with Gasteiger partial charge >= 0.3 is 5.97 Å². The lowest BCUT2D eigenvalue weighted by atomic mass is 10.0. The van der Waals surface area contributed by atoms with E-state index in [1.54, 1.807) is 11.8 Å². The van der Waals surface area contributed by atoms with Gasteiger partial charge in [-0.25, -0.2) is 0 Å². The van der Waals surface area contributed by atoms with Crippen LogP contribution in [0, 0.1) is 0 Å². The Balaban J connectivity index is 1.92. The molecule has 0 saturated carbocycles. The lowest BCUT2D eigenvalue weighted by molar-refractivity contribution is -0.137. The van der Waals surface area contributed by atoms with Gasteiger partial charge in [0.15, 0.2) is 0 Å². The third kappa shape index (κ3) is 3.73. The first kappa shape index (κ1) is 13.9. The third-order valence-electron chi connectivity index (χ3n) is 3.10. The highest BCUT2D eigenvalue weighted by Gasteiger charge is 2.26. The molecule has 1 heterocycles. The molecule has 0 unspecified atom stereocenters. The number of aryl methyl sites for hydroxylation is 1. The fraction of sp³-hybridized carbons (Fsp3) is 0.429. The summed E-state index contributed by atoms with van der Waals surface area (Å²) in [5, 5.41) is 11.2. The molecule has 0 fully saturated rings. The average Bonchev–Trinajstić information content (AvgIpc) is 2.42. The van der Waals surface area contributed by atoms with E-state index in [4.69, 9.17) is 5.11 Å². The van der Waals surface area contributed by atoms with Gasteiger partial charge < -0.3 is 10.4 Å². The molecule has 1 aliphatic heterocycles. The summed E-state index contributed by atoms with van der Waals surface area (Å²) >= 11 is 1.65. The molecule has 1 aliphatic rings. The number of thioether (sulfide) groups is 1. The smallest absolute Gasteiger partial charge is 0.303 e. The number of nitrogens with one attached hydrogen (secondary N) is 1. The Hall–Kier alpha value is -1.49. The monoisotopic (exact) mass is 279 g/mol. The molecule has 0 radical (unpaired) electrons. The zero-order valence-electron chi connectivity index (χ0n) is 10.6. The summed E-state index contributed by atoms with van der Waals surface area (Å²) in [4.78, 5) is 22.5. The lowest BCUT2D eigenvalue weighted by Crippen LogP contribution is -2.31. The summed E-state index contributed by atoms with van der Waals surface area (Å²) in [5.41, 5.74) is 2.33. The van der Waals surface area contributed by atoms with Gasteiger partial charge in [0.25, 0.3) is 0 Å². The number of aliphatic carboxylic acids is 1. The first-order chi connectivity index (χ1) is 9.18. The molecule has 4 nitrogen and oxygen atoms in total. The summed E-state index contributed by atoms with van der Waals surface area (Å²) < 4.78 is 0. The molecule has 19 heavy (non-hydrogen) atoms. The molecular weight excluding hydrogens is 262 g/mol. The number of carbonyl (C=O) groups is 2. The first-order valence-corrected chi connectivity index (χ1v) is 7.42. The first-order valence-electron chi connectivity index (χ1n) is 6.37. The van der Waals surface area contributed by atoms with Crippen LogP contribution < -0.4 is 5.32 Å². The minimum Gasteiger partial charge on any atom is -0.481 e. The second kappa shape index (κ2) is 6.61. The second-order valence-electron chi connectivity index (χ2n) is 4.49. The van der Waals surface area contributed by atoms with Crippen molar-refractivity contribution in [3.63, 3.8) is 0 Å². The minimum absolute atomic E-state index is 0.0115. The molecule has 1 amide bonds. The highest BCUT2D eigenvalue weighted by Crippen LogP contribution is 2.36. The van der Waals surface area contributed by atoms with E-state index < -0.39 is 5.97 Å². The zero-order chi connectivity index (χ0) is 13.7. The fourth-order valence-corrected chi connectivity index (χ4v) is 3.37. The molecule has 2 rings (SSSR count). The summed E-state index contributed by atoms with van der Waals surface area (Å²) in [7, 11) is 0. The van der Waals surface area contributed by atoms with Crippen molar-refractivity contribution >= 4 is 23.6 Å². The average molecular weight is 279 g/mol. The molecule has 1 atom stereocenters. The summed E-state index contributed by atoms with van der Waals surface area (Å²) in [6, 6.07) is 8.02. The SMILES string of the molecule is O=C(O)CCCNC(=O)[C@H]1SCCc2ccccc21. The van der Waals surface area contributed by atoms with Gasteiger partial charge in [0.2, 0.25) is 5.91 Å². The summed E-state index contributed by atoms with van der Waals surface area (Å²) in [5.74, 6) is 0.110. The Morgan fingerprint density at radius 2 is 2.16 bits per heavy atom. The number of fused-ring (bicyclic) bond motifs is 1. The maximum absolute atomic E-state index is 12.1. The van der Waals surface area contributed by atoms with Gasteiger partial charge in [0.05, 0.1) is 0 Å². The van der Waals surface area contributed by atoms with E-state index in [1.807, 2.05) is 18.2 Å². The Morgan fingerprint density at radius 1 is 1.37 bits per heavy atom. The van der Waals surface area contributed by atoms with Crippen LogP contribution in [-0.2, 0) is 16.0 Å². The summed E-state index contributed by atoms with van der Waals surface area (Å²) in [6.07, 6.45) is 1.57. The Morgan fingerprint density at radius 3 is 2.95 bits per heavy atom. The van der Waals surface area contributed by atoms with Gasteiger partial charge in [-0.15, -0.1) is 11.8 Å². The molecule has 102 valence electrons. The molecule has 0 aromatic heterocycles. The number of carboxylic acid groups (broad SMARTS) is 1. The lowest BCUT2D eigenvalue weighted by Gasteiger charge is -2.24. The molecule has 0 spiro atoms. The van der Waals surface area contributed by atoms with Crippen molar-refractivity contribution in [1.29, 1.82) is 0 Å². The zero-order valence-corrected chi connectivity index (χ0v) is 11.4. The van der Waals surface area contributed by atoms with Crippen LogP contribution in [0.5, 0.6) is 0 Å². The van der Waals surface area contributed by atoms with E-state index in [2.05, 4.69) is 11.4 Å². The van der Waals surface area contributed by atoms with Crippen molar-refractivity contribution in [3.05, 3.63) is 35.4 Å². The van der Waals surface area contributed by atoms with Gasteiger partial charge in [-0.2, -0.15) is 0 Å². The maximum atomic E-state index is 12.1. The van der Waals surface area contributed by atoms with Crippen molar-refractivity contribution < 1.29 is 14.7 Å². The van der Waals surface area contributed by atoms with Crippen molar-refractivity contribution in [2.24, 2.45) is 0 Å². The van der Waals surface area contributed by atoms with Gasteiger partial charge in [0.1, 0.15) is 5.25 Å². The second-order valence-corrected chi connectivity index (χ2v) is 5.70. The normalized spacial score (nSPS) is 17.6. The Bertz CT molecular complexity index is 476.